The van der Waals surface area contributed by atoms with E-state index < -0.39 is 0 Å². The van der Waals surface area contributed by atoms with Crippen molar-refractivity contribution in [3.05, 3.63) is 29.0 Å². The Morgan fingerprint density at radius 1 is 1.12 bits per heavy atom. The number of nitrogens with one attached hydrogen (secondary N) is 1. The molecule has 0 radical (unpaired) electrons. The van der Waals surface area contributed by atoms with Crippen LogP contribution in [0.2, 0.25) is 5.02 Å². The van der Waals surface area contributed by atoms with Gasteiger partial charge in [-0.3, -0.25) is 0 Å². The first-order valence-corrected chi connectivity index (χ1v) is 6.30. The van der Waals surface area contributed by atoms with Crippen LogP contribution in [-0.2, 0) is 0 Å². The zero-order chi connectivity index (χ0) is 11.8. The van der Waals surface area contributed by atoms with Gasteiger partial charge in [0, 0.05) is 17.3 Å². The normalized spacial score (nSPS) is 10.4. The third kappa shape index (κ3) is 5.36. The van der Waals surface area contributed by atoms with E-state index >= 15 is 0 Å². The lowest BCUT2D eigenvalue weighted by molar-refractivity contribution is 0.627. The van der Waals surface area contributed by atoms with Gasteiger partial charge in [-0.15, -0.1) is 0 Å². The molecule has 0 spiro atoms. The Kier molecular flexibility index (Phi) is 6.24. The molecule has 0 aliphatic rings. The van der Waals surface area contributed by atoms with Crippen molar-refractivity contribution < 1.29 is 4.39 Å². The molecule has 0 heterocycles. The summed E-state index contributed by atoms with van der Waals surface area (Å²) in [6, 6.07) is 4.53. The zero-order valence-corrected chi connectivity index (χ0v) is 10.5. The van der Waals surface area contributed by atoms with Gasteiger partial charge >= 0.3 is 0 Å². The molecular formula is C13H19ClFN. The third-order valence-corrected chi connectivity index (χ3v) is 2.69. The highest BCUT2D eigenvalue weighted by Gasteiger charge is 1.98. The lowest BCUT2D eigenvalue weighted by Crippen LogP contribution is -2.01. The maximum Gasteiger partial charge on any atom is 0.126 e. The Hall–Kier alpha value is -0.760. The molecule has 0 amide bonds. The van der Waals surface area contributed by atoms with Crippen molar-refractivity contribution in [3.8, 4) is 0 Å². The number of hydrogen-bond acceptors (Lipinski definition) is 1. The Bertz CT molecular complexity index is 295. The fourth-order valence-corrected chi connectivity index (χ4v) is 1.84. The van der Waals surface area contributed by atoms with Crippen LogP contribution in [0.1, 0.15) is 39.0 Å². The minimum Gasteiger partial charge on any atom is -0.385 e. The van der Waals surface area contributed by atoms with E-state index in [0.29, 0.717) is 5.02 Å². The van der Waals surface area contributed by atoms with Crippen molar-refractivity contribution in [1.29, 1.82) is 0 Å². The van der Waals surface area contributed by atoms with Crippen LogP contribution in [0.4, 0.5) is 10.1 Å². The molecule has 0 aromatic heterocycles. The smallest absolute Gasteiger partial charge is 0.126 e. The molecule has 1 rings (SSSR count). The third-order valence-electron chi connectivity index (χ3n) is 2.47. The van der Waals surface area contributed by atoms with Gasteiger partial charge in [0.05, 0.1) is 0 Å². The first-order valence-electron chi connectivity index (χ1n) is 5.92. The average Bonchev–Trinajstić information content (AvgIpc) is 2.22. The Morgan fingerprint density at radius 2 is 1.88 bits per heavy atom. The van der Waals surface area contributed by atoms with Gasteiger partial charge in [0.15, 0.2) is 0 Å². The molecule has 0 fully saturated rings. The van der Waals surface area contributed by atoms with Crippen molar-refractivity contribution in [2.45, 2.75) is 39.0 Å². The van der Waals surface area contributed by atoms with Crippen LogP contribution in [0.25, 0.3) is 0 Å². The fourth-order valence-electron chi connectivity index (χ4n) is 1.62. The van der Waals surface area contributed by atoms with Crippen LogP contribution in [-0.4, -0.2) is 6.54 Å². The van der Waals surface area contributed by atoms with Crippen LogP contribution >= 0.6 is 11.6 Å². The predicted molar refractivity (Wildman–Crippen MR) is 68.7 cm³/mol. The summed E-state index contributed by atoms with van der Waals surface area (Å²) in [6.07, 6.45) is 6.18. The highest BCUT2D eigenvalue weighted by Crippen LogP contribution is 2.18. The van der Waals surface area contributed by atoms with Gasteiger partial charge in [0.2, 0.25) is 0 Å². The summed E-state index contributed by atoms with van der Waals surface area (Å²) >= 11 is 5.75. The van der Waals surface area contributed by atoms with Gasteiger partial charge in [-0.25, -0.2) is 4.39 Å². The van der Waals surface area contributed by atoms with Crippen LogP contribution in [0.5, 0.6) is 0 Å². The fraction of sp³-hybridized carbons (Fsp3) is 0.538. The molecule has 0 atom stereocenters. The molecule has 0 saturated heterocycles. The molecule has 1 N–H and O–H groups in total. The Balaban J connectivity index is 2.21. The van der Waals surface area contributed by atoms with Gasteiger partial charge < -0.3 is 5.32 Å². The number of anilines is 1. The minimum absolute atomic E-state index is 0.291. The van der Waals surface area contributed by atoms with Crippen molar-refractivity contribution in [3.63, 3.8) is 0 Å². The first-order chi connectivity index (χ1) is 7.72. The molecule has 0 bridgehead atoms. The van der Waals surface area contributed by atoms with Crippen molar-refractivity contribution >= 4 is 17.3 Å². The summed E-state index contributed by atoms with van der Waals surface area (Å²) in [5.41, 5.74) is 0.764. The summed E-state index contributed by atoms with van der Waals surface area (Å²) in [7, 11) is 0. The average molecular weight is 244 g/mol. The second-order valence-corrected chi connectivity index (χ2v) is 4.44. The highest BCUT2D eigenvalue weighted by molar-refractivity contribution is 6.30. The Labute approximate surface area is 102 Å². The second-order valence-electron chi connectivity index (χ2n) is 4.00. The Morgan fingerprint density at radius 3 is 2.56 bits per heavy atom. The molecule has 0 aliphatic carbocycles. The van der Waals surface area contributed by atoms with Gasteiger partial charge in [-0.05, 0) is 24.6 Å². The number of unbranched alkanes of at least 4 members (excludes halogenated alkanes) is 4. The van der Waals surface area contributed by atoms with Crippen molar-refractivity contribution in [2.75, 3.05) is 11.9 Å². The molecule has 1 aromatic carbocycles. The first kappa shape index (κ1) is 13.3. The van der Waals surface area contributed by atoms with E-state index in [1.54, 1.807) is 6.07 Å². The molecule has 1 nitrogen and oxygen atoms in total. The minimum atomic E-state index is -0.291. The summed E-state index contributed by atoms with van der Waals surface area (Å²) in [5, 5.41) is 3.62. The predicted octanol–water partition coefficient (Wildman–Crippen LogP) is 4.86. The monoisotopic (exact) mass is 243 g/mol. The molecule has 0 aliphatic heterocycles. The molecule has 3 heteroatoms. The van der Waals surface area contributed by atoms with Crippen LogP contribution in [0, 0.1) is 5.82 Å². The van der Waals surface area contributed by atoms with Crippen LogP contribution in [0.15, 0.2) is 18.2 Å². The quantitative estimate of drug-likeness (QED) is 0.675. The van der Waals surface area contributed by atoms with Gasteiger partial charge in [0.25, 0.3) is 0 Å². The van der Waals surface area contributed by atoms with Crippen molar-refractivity contribution in [2.24, 2.45) is 0 Å². The summed E-state index contributed by atoms with van der Waals surface area (Å²) < 4.78 is 13.0. The van der Waals surface area contributed by atoms with Gasteiger partial charge in [-0.1, -0.05) is 44.2 Å². The van der Waals surface area contributed by atoms with E-state index in [0.717, 1.165) is 18.7 Å². The summed E-state index contributed by atoms with van der Waals surface area (Å²) in [4.78, 5) is 0. The molecule has 0 saturated carbocycles. The molecule has 16 heavy (non-hydrogen) atoms. The van der Waals surface area contributed by atoms with E-state index in [1.807, 2.05) is 0 Å². The van der Waals surface area contributed by atoms with E-state index in [-0.39, 0.29) is 5.82 Å². The maximum atomic E-state index is 13.0. The molecule has 90 valence electrons. The summed E-state index contributed by atoms with van der Waals surface area (Å²) in [5.74, 6) is -0.291. The van der Waals surface area contributed by atoms with Crippen LogP contribution in [0.3, 0.4) is 0 Å². The van der Waals surface area contributed by atoms with E-state index in [1.165, 1.54) is 37.8 Å². The maximum absolute atomic E-state index is 13.0. The number of benzene rings is 1. The van der Waals surface area contributed by atoms with Crippen molar-refractivity contribution in [1.82, 2.24) is 0 Å². The lowest BCUT2D eigenvalue weighted by atomic mass is 10.1. The second kappa shape index (κ2) is 7.50. The SMILES string of the molecule is CCCCCCCNc1cc(F)cc(Cl)c1. The number of rotatable bonds is 7. The van der Waals surface area contributed by atoms with Gasteiger partial charge in [0.1, 0.15) is 5.82 Å². The highest BCUT2D eigenvalue weighted by atomic mass is 35.5. The standard InChI is InChI=1S/C13H19ClFN/c1-2-3-4-5-6-7-16-13-9-11(14)8-12(15)10-13/h8-10,16H,2-7H2,1H3. The van der Waals surface area contributed by atoms with E-state index in [2.05, 4.69) is 12.2 Å². The molecule has 1 aromatic rings. The van der Waals surface area contributed by atoms with Crippen LogP contribution < -0.4 is 5.32 Å². The zero-order valence-electron chi connectivity index (χ0n) is 9.73. The molecule has 0 unspecified atom stereocenters. The number of hydrogen-bond donors (Lipinski definition) is 1. The topological polar surface area (TPSA) is 12.0 Å². The van der Waals surface area contributed by atoms with E-state index in [9.17, 15) is 4.39 Å². The molecular weight excluding hydrogens is 225 g/mol. The number of halogens is 2. The summed E-state index contributed by atoms with van der Waals surface area (Å²) in [6.45, 7) is 3.08. The largest absolute Gasteiger partial charge is 0.385 e. The van der Waals surface area contributed by atoms with E-state index in [4.69, 9.17) is 11.6 Å². The lowest BCUT2D eigenvalue weighted by Gasteiger charge is -2.06. The van der Waals surface area contributed by atoms with Gasteiger partial charge in [-0.2, -0.15) is 0 Å².